The lowest BCUT2D eigenvalue weighted by atomic mass is 9.57. The minimum absolute atomic E-state index is 0.206. The largest absolute Gasteiger partial charge is 0.481 e. The maximum Gasteiger partial charge on any atom is 0.309 e. The van der Waals surface area contributed by atoms with E-state index in [1.807, 2.05) is 18.2 Å². The molecule has 1 aromatic heterocycles. The van der Waals surface area contributed by atoms with Crippen LogP contribution in [0.5, 0.6) is 0 Å². The van der Waals surface area contributed by atoms with E-state index in [2.05, 4.69) is 58.2 Å². The molecular formula is C28H29IN2O3. The zero-order valence-electron chi connectivity index (χ0n) is 19.1. The summed E-state index contributed by atoms with van der Waals surface area (Å²) in [7, 11) is 0. The molecule has 1 heterocycles. The molecule has 34 heavy (non-hydrogen) atoms. The fraction of sp³-hybridized carbons (Fsp3) is 0.429. The normalized spacial score (nSPS) is 27.1. The minimum atomic E-state index is -0.822. The molecule has 4 aliphatic carbocycles. The van der Waals surface area contributed by atoms with Crippen molar-refractivity contribution in [3.8, 4) is 11.3 Å². The van der Waals surface area contributed by atoms with Gasteiger partial charge in [0.25, 0.3) is 0 Å². The molecule has 0 radical (unpaired) electrons. The predicted octanol–water partition coefficient (Wildman–Crippen LogP) is 6.14. The standard InChI is InChI=1S/C28H29IN2O3/c29-19-8-9-21-20(16-19)23(22(17-6-7-17)24(30-21)18-4-2-1-3-5-18)25(32)31-28-13-10-27(11-14-28,12-15-28)26(33)34/h1-5,8-9,16-17,25,31-32H,6-7,10-15H2,(H,33,34). The molecule has 3 aromatic rings. The van der Waals surface area contributed by atoms with Crippen molar-refractivity contribution in [1.29, 1.82) is 0 Å². The van der Waals surface area contributed by atoms with Crippen molar-refractivity contribution in [2.24, 2.45) is 5.41 Å². The zero-order chi connectivity index (χ0) is 23.5. The Kier molecular flexibility index (Phi) is 5.46. The lowest BCUT2D eigenvalue weighted by molar-refractivity contribution is -0.157. The Morgan fingerprint density at radius 3 is 2.32 bits per heavy atom. The number of carboxylic acid groups (broad SMARTS) is 1. The molecule has 176 valence electrons. The number of hydrogen-bond acceptors (Lipinski definition) is 4. The van der Waals surface area contributed by atoms with E-state index < -0.39 is 17.6 Å². The first kappa shape index (κ1) is 22.4. The molecule has 2 aromatic carbocycles. The summed E-state index contributed by atoms with van der Waals surface area (Å²) in [5, 5.41) is 26.2. The second-order valence-electron chi connectivity index (χ2n) is 10.5. The molecule has 3 N–H and O–H groups in total. The Hall–Kier alpha value is -2.03. The summed E-state index contributed by atoms with van der Waals surface area (Å²) in [5.74, 6) is -0.245. The number of aromatic nitrogens is 1. The van der Waals surface area contributed by atoms with Gasteiger partial charge in [-0.3, -0.25) is 10.1 Å². The van der Waals surface area contributed by atoms with Crippen LogP contribution >= 0.6 is 22.6 Å². The summed E-state index contributed by atoms with van der Waals surface area (Å²) in [6.07, 6.45) is 5.83. The van der Waals surface area contributed by atoms with Gasteiger partial charge in [-0.15, -0.1) is 0 Å². The summed E-state index contributed by atoms with van der Waals surface area (Å²) in [5.41, 5.74) is 4.31. The number of carboxylic acids is 1. The molecule has 0 amide bonds. The first-order valence-corrected chi connectivity index (χ1v) is 13.4. The van der Waals surface area contributed by atoms with Crippen molar-refractivity contribution in [2.75, 3.05) is 0 Å². The molecule has 0 saturated heterocycles. The molecule has 4 saturated carbocycles. The maximum absolute atomic E-state index is 11.9. The first-order valence-electron chi connectivity index (χ1n) is 12.3. The highest BCUT2D eigenvalue weighted by Gasteiger charge is 2.53. The van der Waals surface area contributed by atoms with Crippen LogP contribution in [0.25, 0.3) is 22.2 Å². The van der Waals surface area contributed by atoms with Crippen molar-refractivity contribution in [1.82, 2.24) is 10.3 Å². The van der Waals surface area contributed by atoms with E-state index >= 15 is 0 Å². The molecule has 4 fully saturated rings. The summed E-state index contributed by atoms with van der Waals surface area (Å²) >= 11 is 2.33. The number of rotatable bonds is 6. The quantitative estimate of drug-likeness (QED) is 0.246. The van der Waals surface area contributed by atoms with Crippen LogP contribution < -0.4 is 5.32 Å². The Morgan fingerprint density at radius 2 is 1.71 bits per heavy atom. The van der Waals surface area contributed by atoms with Crippen LogP contribution in [0.3, 0.4) is 0 Å². The highest BCUT2D eigenvalue weighted by Crippen LogP contribution is 2.54. The Morgan fingerprint density at radius 1 is 1.03 bits per heavy atom. The number of nitrogens with zero attached hydrogens (tertiary/aromatic N) is 1. The number of halogens is 1. The molecular weight excluding hydrogens is 539 g/mol. The van der Waals surface area contributed by atoms with Gasteiger partial charge in [0.2, 0.25) is 0 Å². The third-order valence-electron chi connectivity index (χ3n) is 8.48. The summed E-state index contributed by atoms with van der Waals surface area (Å²) in [4.78, 5) is 17.0. The van der Waals surface area contributed by atoms with E-state index in [9.17, 15) is 15.0 Å². The molecule has 4 aliphatic rings. The van der Waals surface area contributed by atoms with Crippen LogP contribution in [0.4, 0.5) is 0 Å². The van der Waals surface area contributed by atoms with Gasteiger partial charge in [-0.05, 0) is 104 Å². The predicted molar refractivity (Wildman–Crippen MR) is 140 cm³/mol. The number of benzene rings is 2. The number of aliphatic hydroxyl groups excluding tert-OH is 1. The SMILES string of the molecule is O=C(O)C12CCC(NC(O)c3c(C4CC4)c(-c4ccccc4)nc4ccc(I)cc34)(CC1)CC2. The van der Waals surface area contributed by atoms with Crippen LogP contribution in [0.15, 0.2) is 48.5 Å². The Bertz CT molecular complexity index is 1250. The van der Waals surface area contributed by atoms with Crippen molar-refractivity contribution in [2.45, 2.75) is 69.1 Å². The van der Waals surface area contributed by atoms with E-state index in [-0.39, 0.29) is 5.54 Å². The fourth-order valence-corrected chi connectivity index (χ4v) is 6.75. The third-order valence-corrected chi connectivity index (χ3v) is 9.15. The third kappa shape index (κ3) is 3.74. The average molecular weight is 568 g/mol. The number of nitrogens with one attached hydrogen (secondary N) is 1. The van der Waals surface area contributed by atoms with Crippen LogP contribution in [0, 0.1) is 8.99 Å². The van der Waals surface area contributed by atoms with Gasteiger partial charge < -0.3 is 10.2 Å². The van der Waals surface area contributed by atoms with E-state index in [1.54, 1.807) is 0 Å². The lowest BCUT2D eigenvalue weighted by Gasteiger charge is -2.52. The van der Waals surface area contributed by atoms with E-state index in [0.717, 1.165) is 63.4 Å². The first-order chi connectivity index (χ1) is 16.4. The molecule has 2 bridgehead atoms. The van der Waals surface area contributed by atoms with Crippen LogP contribution in [-0.2, 0) is 4.79 Å². The summed E-state index contributed by atoms with van der Waals surface area (Å²) in [6, 6.07) is 16.6. The number of carbonyl (C=O) groups is 1. The average Bonchev–Trinajstić information content (AvgIpc) is 3.69. The van der Waals surface area contributed by atoms with Gasteiger partial charge in [-0.1, -0.05) is 30.3 Å². The number of fused-ring (bicyclic) bond motifs is 4. The summed E-state index contributed by atoms with van der Waals surface area (Å²) < 4.78 is 1.12. The summed E-state index contributed by atoms with van der Waals surface area (Å²) in [6.45, 7) is 0. The van der Waals surface area contributed by atoms with Crippen molar-refractivity contribution in [3.63, 3.8) is 0 Å². The molecule has 5 nitrogen and oxygen atoms in total. The van der Waals surface area contributed by atoms with E-state index in [1.165, 1.54) is 5.56 Å². The molecule has 6 heteroatoms. The Labute approximate surface area is 213 Å². The van der Waals surface area contributed by atoms with Crippen LogP contribution in [-0.4, -0.2) is 26.7 Å². The number of pyridine rings is 1. The van der Waals surface area contributed by atoms with E-state index in [4.69, 9.17) is 4.98 Å². The molecule has 1 unspecified atom stereocenters. The number of aliphatic carboxylic acids is 1. The monoisotopic (exact) mass is 568 g/mol. The van der Waals surface area contributed by atoms with Gasteiger partial charge in [0.05, 0.1) is 16.6 Å². The second kappa shape index (κ2) is 8.28. The van der Waals surface area contributed by atoms with Gasteiger partial charge in [-0.25, -0.2) is 4.98 Å². The topological polar surface area (TPSA) is 82.5 Å². The van der Waals surface area contributed by atoms with Gasteiger partial charge in [0, 0.05) is 25.6 Å². The number of hydrogen-bond donors (Lipinski definition) is 3. The van der Waals surface area contributed by atoms with Crippen LogP contribution in [0.2, 0.25) is 0 Å². The molecule has 7 rings (SSSR count). The Balaban J connectivity index is 1.45. The number of aliphatic hydroxyl groups is 1. The van der Waals surface area contributed by atoms with Gasteiger partial charge in [0.1, 0.15) is 6.23 Å². The molecule has 1 atom stereocenters. The smallest absolute Gasteiger partial charge is 0.309 e. The molecule has 0 spiro atoms. The highest BCUT2D eigenvalue weighted by molar-refractivity contribution is 14.1. The van der Waals surface area contributed by atoms with Gasteiger partial charge in [-0.2, -0.15) is 0 Å². The maximum atomic E-state index is 11.9. The van der Waals surface area contributed by atoms with Crippen LogP contribution in [0.1, 0.15) is 74.6 Å². The lowest BCUT2D eigenvalue weighted by Crippen LogP contribution is -2.57. The zero-order valence-corrected chi connectivity index (χ0v) is 21.2. The van der Waals surface area contributed by atoms with Crippen molar-refractivity contribution in [3.05, 3.63) is 63.2 Å². The van der Waals surface area contributed by atoms with E-state index in [0.29, 0.717) is 25.2 Å². The minimum Gasteiger partial charge on any atom is -0.481 e. The van der Waals surface area contributed by atoms with Gasteiger partial charge >= 0.3 is 5.97 Å². The van der Waals surface area contributed by atoms with Crippen molar-refractivity contribution < 1.29 is 15.0 Å². The van der Waals surface area contributed by atoms with Crippen molar-refractivity contribution >= 4 is 39.5 Å². The highest BCUT2D eigenvalue weighted by atomic mass is 127. The molecule has 0 aliphatic heterocycles. The van der Waals surface area contributed by atoms with Gasteiger partial charge in [0.15, 0.2) is 0 Å². The fourth-order valence-electron chi connectivity index (χ4n) is 6.26. The second-order valence-corrected chi connectivity index (χ2v) is 11.7.